The summed E-state index contributed by atoms with van der Waals surface area (Å²) in [5, 5.41) is 4.70. The van der Waals surface area contributed by atoms with Crippen LogP contribution in [0.25, 0.3) is 11.0 Å². The van der Waals surface area contributed by atoms with Crippen LogP contribution in [0.1, 0.15) is 58.3 Å². The van der Waals surface area contributed by atoms with Crippen molar-refractivity contribution in [1.82, 2.24) is 5.32 Å². The number of furan rings is 1. The molecule has 2 aromatic rings. The second-order valence-corrected chi connectivity index (χ2v) is 5.47. The Hall–Kier alpha value is -1.48. The smallest absolute Gasteiger partial charge is 0.176 e. The predicted molar refractivity (Wildman–Crippen MR) is 87.9 cm³/mol. The van der Waals surface area contributed by atoms with E-state index in [0.29, 0.717) is 6.04 Å². The summed E-state index contributed by atoms with van der Waals surface area (Å²) in [6.07, 6.45) is 4.36. The van der Waals surface area contributed by atoms with Crippen LogP contribution >= 0.6 is 0 Å². The molecule has 3 nitrogen and oxygen atoms in total. The number of hydrogen-bond acceptors (Lipinski definition) is 3. The molecule has 116 valence electrons. The van der Waals surface area contributed by atoms with Crippen LogP contribution in [0.3, 0.4) is 0 Å². The van der Waals surface area contributed by atoms with Crippen molar-refractivity contribution in [2.45, 2.75) is 52.5 Å². The summed E-state index contributed by atoms with van der Waals surface area (Å²) in [6, 6.07) is 8.54. The van der Waals surface area contributed by atoms with Crippen molar-refractivity contribution in [3.8, 4) is 5.75 Å². The largest absolute Gasteiger partial charge is 0.490 e. The van der Waals surface area contributed by atoms with Crippen LogP contribution in [0.4, 0.5) is 0 Å². The van der Waals surface area contributed by atoms with Gasteiger partial charge >= 0.3 is 0 Å². The van der Waals surface area contributed by atoms with Crippen LogP contribution in [0.5, 0.6) is 5.75 Å². The number of ether oxygens (including phenoxy) is 1. The van der Waals surface area contributed by atoms with Gasteiger partial charge in [0.2, 0.25) is 0 Å². The minimum absolute atomic E-state index is 0.293. The van der Waals surface area contributed by atoms with E-state index >= 15 is 0 Å². The van der Waals surface area contributed by atoms with Crippen molar-refractivity contribution in [3.05, 3.63) is 30.0 Å². The van der Waals surface area contributed by atoms with Gasteiger partial charge in [0.25, 0.3) is 0 Å². The summed E-state index contributed by atoms with van der Waals surface area (Å²) < 4.78 is 11.9. The molecule has 1 atom stereocenters. The Labute approximate surface area is 127 Å². The summed E-state index contributed by atoms with van der Waals surface area (Å²) in [4.78, 5) is 0. The van der Waals surface area contributed by atoms with Gasteiger partial charge in [0.15, 0.2) is 11.3 Å². The van der Waals surface area contributed by atoms with E-state index in [2.05, 4.69) is 38.2 Å². The molecule has 0 radical (unpaired) electrons. The van der Waals surface area contributed by atoms with E-state index in [1.807, 2.05) is 12.1 Å². The second kappa shape index (κ2) is 8.08. The van der Waals surface area contributed by atoms with Gasteiger partial charge in [-0.1, -0.05) is 39.3 Å². The maximum atomic E-state index is 6.12. The van der Waals surface area contributed by atoms with Crippen LogP contribution in [0.2, 0.25) is 0 Å². The summed E-state index contributed by atoms with van der Waals surface area (Å²) >= 11 is 0. The number of fused-ring (bicyclic) bond motifs is 1. The molecule has 0 spiro atoms. The van der Waals surface area contributed by atoms with Gasteiger partial charge in [-0.25, -0.2) is 0 Å². The molecule has 0 saturated carbocycles. The molecule has 1 N–H and O–H groups in total. The van der Waals surface area contributed by atoms with Gasteiger partial charge in [-0.15, -0.1) is 0 Å². The first kappa shape index (κ1) is 15.9. The van der Waals surface area contributed by atoms with Crippen molar-refractivity contribution >= 4 is 11.0 Å². The van der Waals surface area contributed by atoms with Gasteiger partial charge < -0.3 is 14.5 Å². The lowest BCUT2D eigenvalue weighted by molar-refractivity contribution is 0.313. The third-order valence-electron chi connectivity index (χ3n) is 3.55. The highest BCUT2D eigenvalue weighted by Crippen LogP contribution is 2.32. The van der Waals surface area contributed by atoms with Crippen LogP contribution in [-0.2, 0) is 0 Å². The molecule has 0 amide bonds. The lowest BCUT2D eigenvalue weighted by atomic mass is 10.1. The van der Waals surface area contributed by atoms with Crippen LogP contribution in [0, 0.1) is 0 Å². The topological polar surface area (TPSA) is 34.4 Å². The van der Waals surface area contributed by atoms with Gasteiger partial charge in [0, 0.05) is 5.39 Å². The van der Waals surface area contributed by atoms with Crippen molar-refractivity contribution in [2.24, 2.45) is 0 Å². The lowest BCUT2D eigenvalue weighted by Crippen LogP contribution is -2.21. The molecule has 0 bridgehead atoms. The third kappa shape index (κ3) is 4.01. The first-order valence-corrected chi connectivity index (χ1v) is 8.18. The molecule has 1 heterocycles. The second-order valence-electron chi connectivity index (χ2n) is 5.47. The highest BCUT2D eigenvalue weighted by Gasteiger charge is 2.16. The molecule has 0 fully saturated rings. The van der Waals surface area contributed by atoms with E-state index < -0.39 is 0 Å². The maximum absolute atomic E-state index is 6.12. The fourth-order valence-corrected chi connectivity index (χ4v) is 2.51. The molecule has 2 rings (SSSR count). The van der Waals surface area contributed by atoms with Gasteiger partial charge in [-0.3, -0.25) is 0 Å². The maximum Gasteiger partial charge on any atom is 0.176 e. The zero-order chi connectivity index (χ0) is 15.1. The summed E-state index contributed by atoms with van der Waals surface area (Å²) in [5.41, 5.74) is 0.875. The predicted octanol–water partition coefficient (Wildman–Crippen LogP) is 5.06. The van der Waals surface area contributed by atoms with Crippen LogP contribution in [-0.4, -0.2) is 13.2 Å². The van der Waals surface area contributed by atoms with Gasteiger partial charge in [-0.05, 0) is 37.9 Å². The zero-order valence-electron chi connectivity index (χ0n) is 13.4. The van der Waals surface area contributed by atoms with Crippen molar-refractivity contribution in [2.75, 3.05) is 13.2 Å². The van der Waals surface area contributed by atoms with E-state index in [0.717, 1.165) is 61.3 Å². The van der Waals surface area contributed by atoms with E-state index in [4.69, 9.17) is 9.15 Å². The zero-order valence-corrected chi connectivity index (χ0v) is 13.4. The molecule has 21 heavy (non-hydrogen) atoms. The first-order valence-electron chi connectivity index (χ1n) is 8.18. The number of para-hydroxylation sites is 1. The molecule has 0 aliphatic heterocycles. The Morgan fingerprint density at radius 1 is 1.14 bits per heavy atom. The number of rotatable bonds is 9. The number of benzene rings is 1. The minimum atomic E-state index is 0.293. The van der Waals surface area contributed by atoms with E-state index in [1.165, 1.54) is 0 Å². The van der Waals surface area contributed by atoms with Crippen molar-refractivity contribution in [1.29, 1.82) is 0 Å². The Morgan fingerprint density at radius 3 is 2.71 bits per heavy atom. The Balaban J connectivity index is 2.27. The molecule has 0 aliphatic carbocycles. The first-order chi connectivity index (χ1) is 10.3. The van der Waals surface area contributed by atoms with Gasteiger partial charge in [0.1, 0.15) is 5.76 Å². The molecule has 1 aromatic heterocycles. The summed E-state index contributed by atoms with van der Waals surface area (Å²) in [7, 11) is 0. The highest BCUT2D eigenvalue weighted by molar-refractivity contribution is 5.83. The lowest BCUT2D eigenvalue weighted by Gasteiger charge is -2.14. The normalized spacial score (nSPS) is 12.7. The van der Waals surface area contributed by atoms with E-state index in [-0.39, 0.29) is 0 Å². The number of nitrogens with one attached hydrogen (secondary N) is 1. The van der Waals surface area contributed by atoms with Crippen molar-refractivity contribution in [3.63, 3.8) is 0 Å². The van der Waals surface area contributed by atoms with E-state index in [9.17, 15) is 0 Å². The fraction of sp³-hybridized carbons (Fsp3) is 0.556. The van der Waals surface area contributed by atoms with Gasteiger partial charge in [-0.2, -0.15) is 0 Å². The molecular weight excluding hydrogens is 262 g/mol. The van der Waals surface area contributed by atoms with Crippen LogP contribution < -0.4 is 10.1 Å². The number of hydrogen-bond donors (Lipinski definition) is 1. The minimum Gasteiger partial charge on any atom is -0.490 e. The Kier molecular flexibility index (Phi) is 6.12. The molecular formula is C18H27NO2. The van der Waals surface area contributed by atoms with Crippen LogP contribution in [0.15, 0.2) is 28.7 Å². The van der Waals surface area contributed by atoms with Crippen molar-refractivity contribution < 1.29 is 9.15 Å². The summed E-state index contributed by atoms with van der Waals surface area (Å²) in [6.45, 7) is 8.24. The molecule has 3 heteroatoms. The molecule has 1 aromatic carbocycles. The molecule has 0 saturated heterocycles. The third-order valence-corrected chi connectivity index (χ3v) is 3.55. The fourth-order valence-electron chi connectivity index (χ4n) is 2.51. The average molecular weight is 289 g/mol. The molecule has 0 aliphatic rings. The standard InChI is InChI=1S/C18H27NO2/c1-4-8-15(19-11-5-2)17-13-14-9-7-10-16(18(14)21-17)20-12-6-3/h7,9-10,13,15,19H,4-6,8,11-12H2,1-3H3. The highest BCUT2D eigenvalue weighted by atomic mass is 16.5. The van der Waals surface area contributed by atoms with E-state index in [1.54, 1.807) is 0 Å². The Bertz CT molecular complexity index is 547. The average Bonchev–Trinajstić information content (AvgIpc) is 2.93. The molecule has 1 unspecified atom stereocenters. The summed E-state index contributed by atoms with van der Waals surface area (Å²) in [5.74, 6) is 1.87. The monoisotopic (exact) mass is 289 g/mol. The SMILES string of the molecule is CCCNC(CCC)c1cc2cccc(OCCC)c2o1. The quantitative estimate of drug-likeness (QED) is 0.700. The van der Waals surface area contributed by atoms with Gasteiger partial charge in [0.05, 0.1) is 12.6 Å². The Morgan fingerprint density at radius 2 is 2.00 bits per heavy atom.